The Bertz CT molecular complexity index is 1510. The first-order valence-corrected chi connectivity index (χ1v) is 15.5. The molecule has 1 aliphatic carbocycles. The number of halogens is 2. The maximum Gasteiger partial charge on any atom is 0.264 e. The number of hydrogen-bond acceptors (Lipinski definition) is 4. The zero-order chi connectivity index (χ0) is 29.7. The molecule has 1 fully saturated rings. The van der Waals surface area contributed by atoms with Crippen LogP contribution < -0.4 is 9.62 Å². The van der Waals surface area contributed by atoms with E-state index in [-0.39, 0.29) is 29.0 Å². The predicted octanol–water partition coefficient (Wildman–Crippen LogP) is 5.77. The number of rotatable bonds is 10. The Morgan fingerprint density at radius 1 is 1.00 bits per heavy atom. The van der Waals surface area contributed by atoms with Gasteiger partial charge in [0.05, 0.1) is 10.6 Å². The van der Waals surface area contributed by atoms with E-state index in [0.717, 1.165) is 41.1 Å². The SMILES string of the molecule is Cc1ccc(N(CC(=O)N(Cc2ccccc2F)[C@H](C)C(=O)NC2CCCC2)S(=O)(=O)c2ccc(Cl)cc2)cc1C. The zero-order valence-corrected chi connectivity index (χ0v) is 25.0. The van der Waals surface area contributed by atoms with Crippen molar-refractivity contribution in [3.05, 3.63) is 94.3 Å². The second-order valence-corrected chi connectivity index (χ2v) is 12.8. The van der Waals surface area contributed by atoms with E-state index in [2.05, 4.69) is 5.32 Å². The first kappa shape index (κ1) is 30.5. The number of aryl methyl sites for hydroxylation is 2. The smallest absolute Gasteiger partial charge is 0.264 e. The predicted molar refractivity (Wildman–Crippen MR) is 159 cm³/mol. The standard InChI is InChI=1S/C31H35ClFN3O4S/c1-21-12-15-27(18-22(21)2)36(41(39,40)28-16-13-25(32)14-17-28)20-30(37)35(19-24-8-4-7-11-29(24)33)23(3)31(38)34-26-9-5-6-10-26/h4,7-8,11-18,23,26H,5-6,9-10,19-20H2,1-3H3,(H,34,38)/t23-/m1/s1. The highest BCUT2D eigenvalue weighted by molar-refractivity contribution is 7.92. The molecule has 1 aliphatic rings. The number of hydrogen-bond donors (Lipinski definition) is 1. The molecule has 4 rings (SSSR count). The quantitative estimate of drug-likeness (QED) is 0.321. The Labute approximate surface area is 246 Å². The third kappa shape index (κ3) is 7.26. The summed E-state index contributed by atoms with van der Waals surface area (Å²) in [5, 5.41) is 3.37. The summed E-state index contributed by atoms with van der Waals surface area (Å²) in [6, 6.07) is 15.9. The van der Waals surface area contributed by atoms with E-state index < -0.39 is 34.3 Å². The summed E-state index contributed by atoms with van der Waals surface area (Å²) in [7, 11) is -4.22. The molecule has 0 aromatic heterocycles. The van der Waals surface area contributed by atoms with E-state index in [9.17, 15) is 22.4 Å². The average molecular weight is 600 g/mol. The van der Waals surface area contributed by atoms with Crippen molar-refractivity contribution in [3.8, 4) is 0 Å². The van der Waals surface area contributed by atoms with Crippen molar-refractivity contribution in [2.24, 2.45) is 0 Å². The topological polar surface area (TPSA) is 86.8 Å². The lowest BCUT2D eigenvalue weighted by atomic mass is 10.1. The van der Waals surface area contributed by atoms with Gasteiger partial charge in [0.15, 0.2) is 0 Å². The van der Waals surface area contributed by atoms with Crippen LogP contribution >= 0.6 is 11.6 Å². The van der Waals surface area contributed by atoms with Gasteiger partial charge in [0.1, 0.15) is 18.4 Å². The Balaban J connectivity index is 1.71. The summed E-state index contributed by atoms with van der Waals surface area (Å²) in [6.07, 6.45) is 3.76. The molecule has 0 unspecified atom stereocenters. The summed E-state index contributed by atoms with van der Waals surface area (Å²) < 4.78 is 43.6. The van der Waals surface area contributed by atoms with Gasteiger partial charge in [-0.15, -0.1) is 0 Å². The first-order valence-electron chi connectivity index (χ1n) is 13.7. The van der Waals surface area contributed by atoms with Crippen LogP contribution in [0.15, 0.2) is 71.6 Å². The Morgan fingerprint density at radius 2 is 1.66 bits per heavy atom. The van der Waals surface area contributed by atoms with Crippen molar-refractivity contribution < 1.29 is 22.4 Å². The van der Waals surface area contributed by atoms with Crippen molar-refractivity contribution in [1.82, 2.24) is 10.2 Å². The van der Waals surface area contributed by atoms with Gasteiger partial charge in [-0.1, -0.05) is 48.7 Å². The number of amides is 2. The van der Waals surface area contributed by atoms with Crippen LogP contribution in [0.5, 0.6) is 0 Å². The van der Waals surface area contributed by atoms with Crippen LogP contribution in [0.2, 0.25) is 5.02 Å². The van der Waals surface area contributed by atoms with Gasteiger partial charge in [0, 0.05) is 23.2 Å². The van der Waals surface area contributed by atoms with Gasteiger partial charge in [-0.3, -0.25) is 13.9 Å². The molecule has 218 valence electrons. The van der Waals surface area contributed by atoms with Gasteiger partial charge < -0.3 is 10.2 Å². The zero-order valence-electron chi connectivity index (χ0n) is 23.4. The van der Waals surface area contributed by atoms with Gasteiger partial charge in [-0.2, -0.15) is 0 Å². The van der Waals surface area contributed by atoms with Gasteiger partial charge >= 0.3 is 0 Å². The highest BCUT2D eigenvalue weighted by Gasteiger charge is 2.33. The van der Waals surface area contributed by atoms with Crippen molar-refractivity contribution >= 4 is 39.1 Å². The summed E-state index contributed by atoms with van der Waals surface area (Å²) in [5.74, 6) is -1.52. The largest absolute Gasteiger partial charge is 0.352 e. The van der Waals surface area contributed by atoms with Crippen LogP contribution in [0.4, 0.5) is 10.1 Å². The molecular formula is C31H35ClFN3O4S. The molecule has 0 radical (unpaired) electrons. The fourth-order valence-corrected chi connectivity index (χ4v) is 6.46. The second kappa shape index (κ2) is 13.0. The minimum atomic E-state index is -4.22. The number of sulfonamides is 1. The average Bonchev–Trinajstić information content (AvgIpc) is 3.45. The number of anilines is 1. The highest BCUT2D eigenvalue weighted by atomic mass is 35.5. The fourth-order valence-electron chi connectivity index (χ4n) is 4.93. The molecule has 0 bridgehead atoms. The third-order valence-electron chi connectivity index (χ3n) is 7.63. The number of nitrogens with one attached hydrogen (secondary N) is 1. The van der Waals surface area contributed by atoms with Gasteiger partial charge in [0.25, 0.3) is 10.0 Å². The maximum atomic E-state index is 14.7. The molecule has 0 spiro atoms. The van der Waals surface area contributed by atoms with Crippen LogP contribution in [0.1, 0.15) is 49.3 Å². The number of nitrogens with zero attached hydrogens (tertiary/aromatic N) is 2. The molecular weight excluding hydrogens is 565 g/mol. The van der Waals surface area contributed by atoms with Crippen LogP contribution in [-0.2, 0) is 26.2 Å². The van der Waals surface area contributed by atoms with Crippen molar-refractivity contribution in [3.63, 3.8) is 0 Å². The van der Waals surface area contributed by atoms with E-state index in [1.54, 1.807) is 43.3 Å². The van der Waals surface area contributed by atoms with Crippen molar-refractivity contribution in [2.75, 3.05) is 10.8 Å². The third-order valence-corrected chi connectivity index (χ3v) is 9.67. The normalized spacial score (nSPS) is 14.5. The Morgan fingerprint density at radius 3 is 2.29 bits per heavy atom. The Kier molecular flexibility index (Phi) is 9.71. The maximum absolute atomic E-state index is 14.7. The van der Waals surface area contributed by atoms with Gasteiger partial charge in [-0.05, 0) is 87.2 Å². The molecule has 7 nitrogen and oxygen atoms in total. The van der Waals surface area contributed by atoms with Gasteiger partial charge in [0.2, 0.25) is 11.8 Å². The molecule has 3 aromatic carbocycles. The summed E-state index contributed by atoms with van der Waals surface area (Å²) in [4.78, 5) is 28.5. The van der Waals surface area contributed by atoms with E-state index in [0.29, 0.717) is 10.7 Å². The molecule has 41 heavy (non-hydrogen) atoms. The van der Waals surface area contributed by atoms with E-state index in [1.807, 2.05) is 13.8 Å². The van der Waals surface area contributed by atoms with Crippen LogP contribution in [0, 0.1) is 19.7 Å². The first-order chi connectivity index (χ1) is 19.5. The summed E-state index contributed by atoms with van der Waals surface area (Å²) in [5.41, 5.74) is 2.33. The van der Waals surface area contributed by atoms with E-state index in [4.69, 9.17) is 11.6 Å². The Hall–Kier alpha value is -3.43. The van der Waals surface area contributed by atoms with Crippen LogP contribution in [0.3, 0.4) is 0 Å². The minimum Gasteiger partial charge on any atom is -0.352 e. The molecule has 1 N–H and O–H groups in total. The lowest BCUT2D eigenvalue weighted by Gasteiger charge is -2.32. The van der Waals surface area contributed by atoms with Gasteiger partial charge in [-0.25, -0.2) is 12.8 Å². The lowest BCUT2D eigenvalue weighted by molar-refractivity contribution is -0.139. The van der Waals surface area contributed by atoms with E-state index >= 15 is 0 Å². The molecule has 10 heteroatoms. The fraction of sp³-hybridized carbons (Fsp3) is 0.355. The highest BCUT2D eigenvalue weighted by Crippen LogP contribution is 2.27. The molecule has 2 amide bonds. The summed E-state index contributed by atoms with van der Waals surface area (Å²) in [6.45, 7) is 4.54. The molecule has 3 aromatic rings. The second-order valence-electron chi connectivity index (χ2n) is 10.5. The lowest BCUT2D eigenvalue weighted by Crippen LogP contribution is -2.52. The monoisotopic (exact) mass is 599 g/mol. The number of carbonyl (C=O) groups is 2. The van der Waals surface area contributed by atoms with Crippen LogP contribution in [-0.4, -0.2) is 43.8 Å². The molecule has 0 aliphatic heterocycles. The molecule has 1 saturated carbocycles. The minimum absolute atomic E-state index is 0.0210. The molecule has 0 heterocycles. The van der Waals surface area contributed by atoms with Crippen LogP contribution in [0.25, 0.3) is 0 Å². The molecule has 1 atom stereocenters. The van der Waals surface area contributed by atoms with Crippen molar-refractivity contribution in [2.45, 2.75) is 70.0 Å². The summed E-state index contributed by atoms with van der Waals surface area (Å²) >= 11 is 6.00. The van der Waals surface area contributed by atoms with Crippen molar-refractivity contribution in [1.29, 1.82) is 0 Å². The molecule has 0 saturated heterocycles. The number of carbonyl (C=O) groups excluding carboxylic acids is 2. The number of benzene rings is 3. The van der Waals surface area contributed by atoms with E-state index in [1.165, 1.54) is 35.2 Å².